The Hall–Kier alpha value is -2.04. The Morgan fingerprint density at radius 1 is 1.30 bits per heavy atom. The Bertz CT molecular complexity index is 537. The summed E-state index contributed by atoms with van der Waals surface area (Å²) in [5.74, 6) is 0.938. The zero-order chi connectivity index (χ0) is 16.7. The van der Waals surface area contributed by atoms with Gasteiger partial charge in [0, 0.05) is 37.2 Å². The highest BCUT2D eigenvalue weighted by atomic mass is 16.5. The molecular weight excluding hydrogens is 292 g/mol. The summed E-state index contributed by atoms with van der Waals surface area (Å²) in [6.07, 6.45) is 4.05. The van der Waals surface area contributed by atoms with E-state index in [0.717, 1.165) is 37.1 Å². The van der Waals surface area contributed by atoms with Gasteiger partial charge in [0.1, 0.15) is 5.75 Å². The third-order valence-electron chi connectivity index (χ3n) is 4.30. The SMILES string of the molecule is CCCCC(=O)N1CCC(C(=O)Nc2cccc(OC)c2)CC1. The number of amides is 2. The fourth-order valence-corrected chi connectivity index (χ4v) is 2.82. The molecule has 1 aliphatic heterocycles. The maximum atomic E-state index is 12.4. The van der Waals surface area contributed by atoms with Crippen LogP contribution in [0.3, 0.4) is 0 Å². The van der Waals surface area contributed by atoms with Crippen LogP contribution in [0.2, 0.25) is 0 Å². The van der Waals surface area contributed by atoms with E-state index >= 15 is 0 Å². The van der Waals surface area contributed by atoms with Gasteiger partial charge in [-0.2, -0.15) is 0 Å². The lowest BCUT2D eigenvalue weighted by Gasteiger charge is -2.31. The number of hydrogen-bond acceptors (Lipinski definition) is 3. The summed E-state index contributed by atoms with van der Waals surface area (Å²) < 4.78 is 5.16. The maximum Gasteiger partial charge on any atom is 0.227 e. The van der Waals surface area contributed by atoms with Gasteiger partial charge in [0.05, 0.1) is 7.11 Å². The second-order valence-electron chi connectivity index (χ2n) is 5.98. The van der Waals surface area contributed by atoms with Gasteiger partial charge in [0.2, 0.25) is 11.8 Å². The van der Waals surface area contributed by atoms with Crippen molar-refractivity contribution < 1.29 is 14.3 Å². The third kappa shape index (κ3) is 4.98. The van der Waals surface area contributed by atoms with E-state index in [0.29, 0.717) is 19.5 Å². The molecule has 23 heavy (non-hydrogen) atoms. The van der Waals surface area contributed by atoms with Crippen molar-refractivity contribution in [3.05, 3.63) is 24.3 Å². The number of carbonyl (C=O) groups is 2. The van der Waals surface area contributed by atoms with E-state index < -0.39 is 0 Å². The minimum Gasteiger partial charge on any atom is -0.497 e. The highest BCUT2D eigenvalue weighted by Crippen LogP contribution is 2.22. The molecule has 5 heteroatoms. The van der Waals surface area contributed by atoms with Crippen molar-refractivity contribution >= 4 is 17.5 Å². The van der Waals surface area contributed by atoms with Crippen LogP contribution in [0, 0.1) is 5.92 Å². The minimum absolute atomic E-state index is 0.0268. The molecular formula is C18H26N2O3. The molecule has 0 radical (unpaired) electrons. The average molecular weight is 318 g/mol. The first kappa shape index (κ1) is 17.3. The number of likely N-dealkylation sites (tertiary alicyclic amines) is 1. The van der Waals surface area contributed by atoms with E-state index in [-0.39, 0.29) is 17.7 Å². The van der Waals surface area contributed by atoms with Gasteiger partial charge in [-0.15, -0.1) is 0 Å². The molecule has 1 aromatic carbocycles. The number of piperidine rings is 1. The first-order valence-corrected chi connectivity index (χ1v) is 8.36. The number of benzene rings is 1. The molecule has 0 bridgehead atoms. The molecule has 1 fully saturated rings. The Labute approximate surface area is 138 Å². The Morgan fingerprint density at radius 3 is 2.70 bits per heavy atom. The van der Waals surface area contributed by atoms with Gasteiger partial charge in [-0.1, -0.05) is 19.4 Å². The van der Waals surface area contributed by atoms with Crippen molar-refractivity contribution in [2.45, 2.75) is 39.0 Å². The van der Waals surface area contributed by atoms with Gasteiger partial charge < -0.3 is 15.0 Å². The number of methoxy groups -OCH3 is 1. The molecule has 126 valence electrons. The highest BCUT2D eigenvalue weighted by molar-refractivity contribution is 5.93. The number of ether oxygens (including phenoxy) is 1. The standard InChI is InChI=1S/C18H26N2O3/c1-3-4-8-17(21)20-11-9-14(10-12-20)18(22)19-15-6-5-7-16(13-15)23-2/h5-7,13-14H,3-4,8-12H2,1-2H3,(H,19,22). The smallest absolute Gasteiger partial charge is 0.227 e. The normalized spacial score (nSPS) is 15.3. The van der Waals surface area contributed by atoms with Crippen LogP contribution < -0.4 is 10.1 Å². The zero-order valence-electron chi connectivity index (χ0n) is 14.0. The van der Waals surface area contributed by atoms with Crippen LogP contribution in [0.15, 0.2) is 24.3 Å². The Kier molecular flexibility index (Phi) is 6.44. The van der Waals surface area contributed by atoms with Gasteiger partial charge in [-0.3, -0.25) is 9.59 Å². The minimum atomic E-state index is -0.0311. The summed E-state index contributed by atoms with van der Waals surface area (Å²) in [6.45, 7) is 3.44. The summed E-state index contributed by atoms with van der Waals surface area (Å²) in [6, 6.07) is 7.35. The first-order valence-electron chi connectivity index (χ1n) is 8.36. The number of rotatable bonds is 6. The quantitative estimate of drug-likeness (QED) is 0.877. The summed E-state index contributed by atoms with van der Waals surface area (Å²) in [4.78, 5) is 26.3. The van der Waals surface area contributed by atoms with E-state index in [2.05, 4.69) is 12.2 Å². The van der Waals surface area contributed by atoms with Crippen molar-refractivity contribution in [3.8, 4) is 5.75 Å². The average Bonchev–Trinajstić information content (AvgIpc) is 2.60. The summed E-state index contributed by atoms with van der Waals surface area (Å²) in [5.41, 5.74) is 0.746. The number of unbranched alkanes of at least 4 members (excludes halogenated alkanes) is 1. The van der Waals surface area contributed by atoms with Gasteiger partial charge >= 0.3 is 0 Å². The molecule has 0 aromatic heterocycles. The molecule has 2 amide bonds. The van der Waals surface area contributed by atoms with Crippen LogP contribution in [-0.2, 0) is 9.59 Å². The van der Waals surface area contributed by atoms with Gasteiger partial charge in [0.15, 0.2) is 0 Å². The van der Waals surface area contributed by atoms with Gasteiger partial charge in [-0.05, 0) is 31.4 Å². The van der Waals surface area contributed by atoms with E-state index in [1.54, 1.807) is 13.2 Å². The van der Waals surface area contributed by atoms with Crippen molar-refractivity contribution in [1.29, 1.82) is 0 Å². The molecule has 1 heterocycles. The summed E-state index contributed by atoms with van der Waals surface area (Å²) in [7, 11) is 1.60. The molecule has 1 aromatic rings. The summed E-state index contributed by atoms with van der Waals surface area (Å²) in [5, 5.41) is 2.94. The van der Waals surface area contributed by atoms with E-state index in [1.165, 1.54) is 0 Å². The zero-order valence-corrected chi connectivity index (χ0v) is 14.0. The van der Waals surface area contributed by atoms with E-state index in [1.807, 2.05) is 23.1 Å². The lowest BCUT2D eigenvalue weighted by atomic mass is 9.95. The maximum absolute atomic E-state index is 12.4. The molecule has 0 atom stereocenters. The molecule has 1 aliphatic rings. The topological polar surface area (TPSA) is 58.6 Å². The fourth-order valence-electron chi connectivity index (χ4n) is 2.82. The lowest BCUT2D eigenvalue weighted by Crippen LogP contribution is -2.41. The molecule has 1 N–H and O–H groups in total. The number of hydrogen-bond donors (Lipinski definition) is 1. The highest BCUT2D eigenvalue weighted by Gasteiger charge is 2.27. The second kappa shape index (κ2) is 8.56. The van der Waals surface area contributed by atoms with E-state index in [4.69, 9.17) is 4.74 Å². The second-order valence-corrected chi connectivity index (χ2v) is 5.98. The van der Waals surface area contributed by atoms with Gasteiger partial charge in [0.25, 0.3) is 0 Å². The Balaban J connectivity index is 1.82. The van der Waals surface area contributed by atoms with Crippen molar-refractivity contribution in [2.75, 3.05) is 25.5 Å². The fraction of sp³-hybridized carbons (Fsp3) is 0.556. The van der Waals surface area contributed by atoms with Gasteiger partial charge in [-0.25, -0.2) is 0 Å². The van der Waals surface area contributed by atoms with Crippen molar-refractivity contribution in [3.63, 3.8) is 0 Å². The molecule has 0 saturated carbocycles. The number of carbonyl (C=O) groups excluding carboxylic acids is 2. The Morgan fingerprint density at radius 2 is 2.04 bits per heavy atom. The molecule has 0 aliphatic carbocycles. The predicted octanol–water partition coefficient (Wildman–Crippen LogP) is 3.06. The molecule has 0 spiro atoms. The summed E-state index contributed by atoms with van der Waals surface area (Å²) >= 11 is 0. The largest absolute Gasteiger partial charge is 0.497 e. The third-order valence-corrected chi connectivity index (χ3v) is 4.30. The lowest BCUT2D eigenvalue weighted by molar-refractivity contribution is -0.134. The molecule has 0 unspecified atom stereocenters. The number of nitrogens with zero attached hydrogens (tertiary/aromatic N) is 1. The van der Waals surface area contributed by atoms with Crippen LogP contribution >= 0.6 is 0 Å². The first-order chi connectivity index (χ1) is 11.1. The number of nitrogens with one attached hydrogen (secondary N) is 1. The monoisotopic (exact) mass is 318 g/mol. The van der Waals surface area contributed by atoms with Crippen molar-refractivity contribution in [1.82, 2.24) is 4.90 Å². The van der Waals surface area contributed by atoms with E-state index in [9.17, 15) is 9.59 Å². The van der Waals surface area contributed by atoms with Crippen LogP contribution in [0.1, 0.15) is 39.0 Å². The molecule has 1 saturated heterocycles. The van der Waals surface area contributed by atoms with Crippen LogP contribution in [-0.4, -0.2) is 36.9 Å². The predicted molar refractivity (Wildman–Crippen MR) is 90.5 cm³/mol. The van der Waals surface area contributed by atoms with Crippen LogP contribution in [0.25, 0.3) is 0 Å². The van der Waals surface area contributed by atoms with Crippen molar-refractivity contribution in [2.24, 2.45) is 5.92 Å². The van der Waals surface area contributed by atoms with Crippen LogP contribution in [0.4, 0.5) is 5.69 Å². The molecule has 5 nitrogen and oxygen atoms in total. The number of anilines is 1. The van der Waals surface area contributed by atoms with Crippen LogP contribution in [0.5, 0.6) is 5.75 Å². The molecule has 2 rings (SSSR count).